The van der Waals surface area contributed by atoms with Gasteiger partial charge < -0.3 is 10.4 Å². The number of halogens is 1. The SMILES string of the molecule is O=c1c2cc([N+](=O)[O-])ccc2nc([C@H]2CCCN2)n1-c1ccc(F)cc1CO. The second-order valence-corrected chi connectivity index (χ2v) is 6.65. The van der Waals surface area contributed by atoms with Crippen LogP contribution in [0.3, 0.4) is 0 Å². The van der Waals surface area contributed by atoms with E-state index in [0.717, 1.165) is 25.5 Å². The van der Waals surface area contributed by atoms with Crippen LogP contribution in [0.15, 0.2) is 41.2 Å². The lowest BCUT2D eigenvalue weighted by molar-refractivity contribution is -0.384. The summed E-state index contributed by atoms with van der Waals surface area (Å²) < 4.78 is 15.0. The molecule has 2 N–H and O–H groups in total. The first-order valence-corrected chi connectivity index (χ1v) is 8.83. The molecule has 28 heavy (non-hydrogen) atoms. The quantitative estimate of drug-likeness (QED) is 0.528. The Morgan fingerprint density at radius 1 is 1.32 bits per heavy atom. The molecule has 3 aromatic rings. The number of fused-ring (bicyclic) bond motifs is 1. The molecule has 0 amide bonds. The summed E-state index contributed by atoms with van der Waals surface area (Å²) in [6.45, 7) is 0.305. The topological polar surface area (TPSA) is 110 Å². The van der Waals surface area contributed by atoms with E-state index in [1.807, 2.05) is 0 Å². The van der Waals surface area contributed by atoms with E-state index in [-0.39, 0.29) is 22.7 Å². The summed E-state index contributed by atoms with van der Waals surface area (Å²) in [5, 5.41) is 24.2. The number of non-ortho nitro benzene ring substituents is 1. The van der Waals surface area contributed by atoms with Crippen LogP contribution in [0.2, 0.25) is 0 Å². The Labute approximate surface area is 158 Å². The predicted molar refractivity (Wildman–Crippen MR) is 99.9 cm³/mol. The molecule has 0 bridgehead atoms. The van der Waals surface area contributed by atoms with Crippen LogP contribution in [-0.4, -0.2) is 26.1 Å². The van der Waals surface area contributed by atoms with Gasteiger partial charge in [-0.25, -0.2) is 9.37 Å². The van der Waals surface area contributed by atoms with Crippen LogP contribution in [-0.2, 0) is 6.61 Å². The highest BCUT2D eigenvalue weighted by atomic mass is 19.1. The highest BCUT2D eigenvalue weighted by Crippen LogP contribution is 2.27. The fourth-order valence-electron chi connectivity index (χ4n) is 3.57. The van der Waals surface area contributed by atoms with Crippen LogP contribution < -0.4 is 10.9 Å². The number of aliphatic hydroxyl groups is 1. The molecular formula is C19H17FN4O4. The molecule has 1 aromatic heterocycles. The lowest BCUT2D eigenvalue weighted by Crippen LogP contribution is -2.29. The maximum atomic E-state index is 13.6. The molecule has 144 valence electrons. The normalized spacial score (nSPS) is 16.6. The number of aromatic nitrogens is 2. The number of aliphatic hydroxyl groups excluding tert-OH is 1. The molecule has 4 rings (SSSR count). The smallest absolute Gasteiger partial charge is 0.270 e. The van der Waals surface area contributed by atoms with Gasteiger partial charge in [-0.05, 0) is 43.7 Å². The number of benzene rings is 2. The summed E-state index contributed by atoms with van der Waals surface area (Å²) in [6, 6.07) is 7.53. The lowest BCUT2D eigenvalue weighted by atomic mass is 10.1. The monoisotopic (exact) mass is 384 g/mol. The van der Waals surface area contributed by atoms with Gasteiger partial charge in [-0.2, -0.15) is 0 Å². The van der Waals surface area contributed by atoms with Gasteiger partial charge in [-0.3, -0.25) is 19.5 Å². The molecule has 0 aliphatic carbocycles. The Morgan fingerprint density at radius 2 is 2.14 bits per heavy atom. The molecule has 1 atom stereocenters. The average molecular weight is 384 g/mol. The molecule has 1 fully saturated rings. The van der Waals surface area contributed by atoms with Crippen LogP contribution >= 0.6 is 0 Å². The van der Waals surface area contributed by atoms with Crippen LogP contribution in [0.5, 0.6) is 0 Å². The minimum atomic E-state index is -0.577. The fraction of sp³-hybridized carbons (Fsp3) is 0.263. The number of hydrogen-bond donors (Lipinski definition) is 2. The Balaban J connectivity index is 2.06. The fourth-order valence-corrected chi connectivity index (χ4v) is 3.57. The van der Waals surface area contributed by atoms with E-state index in [0.29, 0.717) is 17.0 Å². The zero-order valence-corrected chi connectivity index (χ0v) is 14.8. The van der Waals surface area contributed by atoms with Crippen molar-refractivity contribution in [1.29, 1.82) is 0 Å². The largest absolute Gasteiger partial charge is 0.392 e. The van der Waals surface area contributed by atoms with E-state index in [9.17, 15) is 24.4 Å². The van der Waals surface area contributed by atoms with E-state index in [1.54, 1.807) is 0 Å². The number of nitro benzene ring substituents is 1. The first-order valence-electron chi connectivity index (χ1n) is 8.83. The minimum absolute atomic E-state index is 0.0872. The van der Waals surface area contributed by atoms with Crippen molar-refractivity contribution in [3.05, 3.63) is 74.1 Å². The molecule has 0 spiro atoms. The third-order valence-electron chi connectivity index (χ3n) is 4.91. The van der Waals surface area contributed by atoms with Crippen LogP contribution in [0.25, 0.3) is 16.6 Å². The zero-order valence-electron chi connectivity index (χ0n) is 14.8. The molecule has 0 saturated carbocycles. The molecule has 9 heteroatoms. The molecule has 0 radical (unpaired) electrons. The summed E-state index contributed by atoms with van der Waals surface area (Å²) in [4.78, 5) is 28.5. The molecule has 2 aromatic carbocycles. The summed E-state index contributed by atoms with van der Waals surface area (Å²) >= 11 is 0. The van der Waals surface area contributed by atoms with Crippen molar-refractivity contribution >= 4 is 16.6 Å². The third-order valence-corrected chi connectivity index (χ3v) is 4.91. The van der Waals surface area contributed by atoms with Gasteiger partial charge in [0.2, 0.25) is 0 Å². The maximum Gasteiger partial charge on any atom is 0.270 e. The van der Waals surface area contributed by atoms with Crippen LogP contribution in [0, 0.1) is 15.9 Å². The highest BCUT2D eigenvalue weighted by molar-refractivity contribution is 5.80. The van der Waals surface area contributed by atoms with Gasteiger partial charge in [0, 0.05) is 17.7 Å². The summed E-state index contributed by atoms with van der Waals surface area (Å²) in [7, 11) is 0. The van der Waals surface area contributed by atoms with E-state index in [2.05, 4.69) is 10.3 Å². The van der Waals surface area contributed by atoms with Crippen molar-refractivity contribution in [2.24, 2.45) is 0 Å². The van der Waals surface area contributed by atoms with Gasteiger partial charge in [0.05, 0.1) is 34.2 Å². The molecule has 1 aliphatic rings. The molecular weight excluding hydrogens is 367 g/mol. The minimum Gasteiger partial charge on any atom is -0.392 e. The van der Waals surface area contributed by atoms with E-state index in [4.69, 9.17) is 0 Å². The van der Waals surface area contributed by atoms with Gasteiger partial charge in [0.15, 0.2) is 0 Å². The number of nitro groups is 1. The summed E-state index contributed by atoms with van der Waals surface area (Å²) in [6.07, 6.45) is 1.68. The van der Waals surface area contributed by atoms with E-state index in [1.165, 1.54) is 34.9 Å². The average Bonchev–Trinajstić information content (AvgIpc) is 3.22. The van der Waals surface area contributed by atoms with Gasteiger partial charge in [-0.15, -0.1) is 0 Å². The molecule has 8 nitrogen and oxygen atoms in total. The second-order valence-electron chi connectivity index (χ2n) is 6.65. The second kappa shape index (κ2) is 7.10. The predicted octanol–water partition coefficient (Wildman–Crippen LogP) is 2.35. The molecule has 2 heterocycles. The highest BCUT2D eigenvalue weighted by Gasteiger charge is 2.25. The van der Waals surface area contributed by atoms with Crippen molar-refractivity contribution in [2.45, 2.75) is 25.5 Å². The van der Waals surface area contributed by atoms with E-state index < -0.39 is 22.9 Å². The van der Waals surface area contributed by atoms with Crippen LogP contribution in [0.1, 0.15) is 30.3 Å². The molecule has 1 aliphatic heterocycles. The molecule has 0 unspecified atom stereocenters. The third kappa shape index (κ3) is 3.04. The first kappa shape index (κ1) is 18.2. The Morgan fingerprint density at radius 3 is 2.82 bits per heavy atom. The van der Waals surface area contributed by atoms with Crippen molar-refractivity contribution in [3.63, 3.8) is 0 Å². The van der Waals surface area contributed by atoms with Gasteiger partial charge in [0.25, 0.3) is 11.2 Å². The standard InChI is InChI=1S/C19H17FN4O4/c20-12-3-6-17(11(8-12)10-25)23-18(16-2-1-7-21-16)22-15-5-4-13(24(27)28)9-14(15)19(23)26/h3-6,8-9,16,21,25H,1-2,7,10H2/t16-/m1/s1. The van der Waals surface area contributed by atoms with Gasteiger partial charge in [-0.1, -0.05) is 0 Å². The summed E-state index contributed by atoms with van der Waals surface area (Å²) in [5.74, 6) is -0.101. The number of hydrogen-bond acceptors (Lipinski definition) is 6. The first-order chi connectivity index (χ1) is 13.5. The van der Waals surface area contributed by atoms with Crippen molar-refractivity contribution in [2.75, 3.05) is 6.54 Å². The number of nitrogens with one attached hydrogen (secondary N) is 1. The lowest BCUT2D eigenvalue weighted by Gasteiger charge is -2.20. The maximum absolute atomic E-state index is 13.6. The van der Waals surface area contributed by atoms with Crippen molar-refractivity contribution in [1.82, 2.24) is 14.9 Å². The van der Waals surface area contributed by atoms with Crippen LogP contribution in [0.4, 0.5) is 10.1 Å². The van der Waals surface area contributed by atoms with Crippen molar-refractivity contribution in [3.8, 4) is 5.69 Å². The van der Waals surface area contributed by atoms with Gasteiger partial charge >= 0.3 is 0 Å². The number of rotatable bonds is 4. The van der Waals surface area contributed by atoms with E-state index >= 15 is 0 Å². The Hall–Kier alpha value is -3.17. The zero-order chi connectivity index (χ0) is 19.8. The Kier molecular flexibility index (Phi) is 4.62. The molecule has 1 saturated heterocycles. The van der Waals surface area contributed by atoms with Crippen molar-refractivity contribution < 1.29 is 14.4 Å². The Bertz CT molecular complexity index is 1140. The summed E-state index contributed by atoms with van der Waals surface area (Å²) in [5.41, 5.74) is 0.166. The van der Waals surface area contributed by atoms with Gasteiger partial charge in [0.1, 0.15) is 11.6 Å². The number of nitrogens with zero attached hydrogens (tertiary/aromatic N) is 3.